The summed E-state index contributed by atoms with van der Waals surface area (Å²) in [4.78, 5) is 8.53. The van der Waals surface area contributed by atoms with Crippen LogP contribution in [0.5, 0.6) is 5.75 Å². The van der Waals surface area contributed by atoms with Gasteiger partial charge in [0.1, 0.15) is 17.1 Å². The van der Waals surface area contributed by atoms with Crippen LogP contribution in [-0.4, -0.2) is 15.1 Å². The molecule has 0 saturated heterocycles. The van der Waals surface area contributed by atoms with Crippen molar-refractivity contribution in [3.63, 3.8) is 0 Å². The number of hydrogen-bond acceptors (Lipinski definition) is 4. The van der Waals surface area contributed by atoms with Gasteiger partial charge in [0.05, 0.1) is 11.7 Å². The van der Waals surface area contributed by atoms with Gasteiger partial charge in [-0.2, -0.15) is 0 Å². The third-order valence-corrected chi connectivity index (χ3v) is 4.53. The summed E-state index contributed by atoms with van der Waals surface area (Å²) in [6.45, 7) is 1.88. The van der Waals surface area contributed by atoms with Gasteiger partial charge in [0.15, 0.2) is 0 Å². The van der Waals surface area contributed by atoms with Crippen molar-refractivity contribution in [1.29, 1.82) is 0 Å². The Morgan fingerprint density at radius 1 is 0.963 bits per heavy atom. The average Bonchev–Trinajstić information content (AvgIpc) is 2.69. The van der Waals surface area contributed by atoms with Crippen LogP contribution in [0.2, 0.25) is 0 Å². The molecular formula is C22H18FN3O. The van der Waals surface area contributed by atoms with Gasteiger partial charge in [-0.1, -0.05) is 30.3 Å². The number of phenolic OH excluding ortho intramolecular Hbond substituents is 1. The maximum absolute atomic E-state index is 14.2. The number of anilines is 1. The minimum atomic E-state index is -0.461. The normalized spacial score (nSPS) is 12.1. The van der Waals surface area contributed by atoms with Gasteiger partial charge in [0.25, 0.3) is 0 Å². The quantitative estimate of drug-likeness (QED) is 0.539. The highest BCUT2D eigenvalue weighted by atomic mass is 19.1. The Bertz CT molecular complexity index is 1100. The van der Waals surface area contributed by atoms with Gasteiger partial charge in [0.2, 0.25) is 0 Å². The molecule has 27 heavy (non-hydrogen) atoms. The summed E-state index contributed by atoms with van der Waals surface area (Å²) in [5.41, 5.74) is 3.18. The van der Waals surface area contributed by atoms with Crippen LogP contribution in [0.1, 0.15) is 22.9 Å². The Morgan fingerprint density at radius 2 is 1.70 bits per heavy atom. The first-order valence-corrected chi connectivity index (χ1v) is 8.63. The number of fused-ring (bicyclic) bond motifs is 1. The first kappa shape index (κ1) is 17.0. The number of hydrogen-bond donors (Lipinski definition) is 2. The number of nitrogens with zero attached hydrogens (tertiary/aromatic N) is 2. The standard InChI is InChI=1S/C22H18FN3O/c1-14-6-7-15-8-9-17(22(27)21(15)25-14)20(16-10-12-24-13-11-16)26-19-5-3-2-4-18(19)23/h2-13,20,26-27H,1H3. The van der Waals surface area contributed by atoms with E-state index in [0.29, 0.717) is 16.8 Å². The van der Waals surface area contributed by atoms with Crippen LogP contribution < -0.4 is 5.32 Å². The minimum absolute atomic E-state index is 0.0850. The summed E-state index contributed by atoms with van der Waals surface area (Å²) in [6, 6.07) is 17.3. The van der Waals surface area contributed by atoms with E-state index in [9.17, 15) is 9.50 Å². The third kappa shape index (κ3) is 3.31. The molecule has 1 atom stereocenters. The number of para-hydroxylation sites is 1. The fraction of sp³-hybridized carbons (Fsp3) is 0.0909. The van der Waals surface area contributed by atoms with Crippen molar-refractivity contribution in [1.82, 2.24) is 9.97 Å². The molecule has 2 N–H and O–H groups in total. The lowest BCUT2D eigenvalue weighted by atomic mass is 9.96. The molecule has 0 amide bonds. The van der Waals surface area contributed by atoms with Crippen LogP contribution in [0.25, 0.3) is 10.9 Å². The molecule has 5 heteroatoms. The lowest BCUT2D eigenvalue weighted by Crippen LogP contribution is -2.14. The molecule has 0 aliphatic rings. The van der Waals surface area contributed by atoms with Gasteiger partial charge in [-0.15, -0.1) is 0 Å². The van der Waals surface area contributed by atoms with Crippen molar-refractivity contribution in [2.45, 2.75) is 13.0 Å². The number of nitrogens with one attached hydrogen (secondary N) is 1. The van der Waals surface area contributed by atoms with Gasteiger partial charge >= 0.3 is 0 Å². The molecule has 1 unspecified atom stereocenters. The van der Waals surface area contributed by atoms with Gasteiger partial charge in [0, 0.05) is 29.0 Å². The fourth-order valence-electron chi connectivity index (χ4n) is 3.15. The maximum atomic E-state index is 14.2. The largest absolute Gasteiger partial charge is 0.505 e. The van der Waals surface area contributed by atoms with Gasteiger partial charge in [-0.05, 0) is 42.8 Å². The molecule has 4 nitrogen and oxygen atoms in total. The van der Waals surface area contributed by atoms with Gasteiger partial charge in [-0.3, -0.25) is 4.98 Å². The van der Waals surface area contributed by atoms with Gasteiger partial charge < -0.3 is 10.4 Å². The molecule has 2 aromatic heterocycles. The molecule has 134 valence electrons. The summed E-state index contributed by atoms with van der Waals surface area (Å²) in [6.07, 6.45) is 3.34. The third-order valence-electron chi connectivity index (χ3n) is 4.53. The van der Waals surface area contributed by atoms with Crippen molar-refractivity contribution >= 4 is 16.6 Å². The van der Waals surface area contributed by atoms with Crippen LogP contribution in [0.3, 0.4) is 0 Å². The molecule has 0 saturated carbocycles. The van der Waals surface area contributed by atoms with E-state index in [1.54, 1.807) is 30.6 Å². The number of halogens is 1. The zero-order chi connectivity index (χ0) is 18.8. The summed E-state index contributed by atoms with van der Waals surface area (Å²) >= 11 is 0. The first-order chi connectivity index (χ1) is 13.1. The van der Waals surface area contributed by atoms with Crippen molar-refractivity contribution in [2.75, 3.05) is 5.32 Å². The van der Waals surface area contributed by atoms with E-state index in [2.05, 4.69) is 15.3 Å². The fourth-order valence-corrected chi connectivity index (χ4v) is 3.15. The first-order valence-electron chi connectivity index (χ1n) is 8.63. The smallest absolute Gasteiger partial charge is 0.147 e. The van der Waals surface area contributed by atoms with Crippen molar-refractivity contribution < 1.29 is 9.50 Å². The predicted octanol–water partition coefficient (Wildman–Crippen LogP) is 4.98. The average molecular weight is 359 g/mol. The van der Waals surface area contributed by atoms with E-state index in [1.807, 2.05) is 43.3 Å². The molecule has 0 spiro atoms. The summed E-state index contributed by atoms with van der Waals surface area (Å²) < 4.78 is 14.2. The minimum Gasteiger partial charge on any atom is -0.505 e. The molecule has 4 rings (SSSR count). The lowest BCUT2D eigenvalue weighted by Gasteiger charge is -2.22. The van der Waals surface area contributed by atoms with Crippen LogP contribution in [0.4, 0.5) is 10.1 Å². The Labute approximate surface area is 156 Å². The number of benzene rings is 2. The molecule has 0 aliphatic heterocycles. The van der Waals surface area contributed by atoms with E-state index in [0.717, 1.165) is 16.6 Å². The Balaban J connectivity index is 1.87. The highest BCUT2D eigenvalue weighted by molar-refractivity contribution is 5.86. The predicted molar refractivity (Wildman–Crippen MR) is 104 cm³/mol. The van der Waals surface area contributed by atoms with E-state index >= 15 is 0 Å². The second-order valence-corrected chi connectivity index (χ2v) is 6.37. The molecular weight excluding hydrogens is 341 g/mol. The van der Waals surface area contributed by atoms with E-state index in [4.69, 9.17) is 0 Å². The molecule has 2 heterocycles. The maximum Gasteiger partial charge on any atom is 0.147 e. The van der Waals surface area contributed by atoms with Gasteiger partial charge in [-0.25, -0.2) is 9.37 Å². The van der Waals surface area contributed by atoms with E-state index < -0.39 is 6.04 Å². The molecule has 0 radical (unpaired) electrons. The molecule has 0 fully saturated rings. The van der Waals surface area contributed by atoms with Crippen LogP contribution >= 0.6 is 0 Å². The number of aromatic hydroxyl groups is 1. The lowest BCUT2D eigenvalue weighted by molar-refractivity contribution is 0.471. The van der Waals surface area contributed by atoms with E-state index in [-0.39, 0.29) is 11.6 Å². The molecule has 0 aliphatic carbocycles. The number of rotatable bonds is 4. The molecule has 0 bridgehead atoms. The second kappa shape index (κ2) is 7.03. The zero-order valence-corrected chi connectivity index (χ0v) is 14.7. The van der Waals surface area contributed by atoms with E-state index in [1.165, 1.54) is 6.07 Å². The number of phenols is 1. The van der Waals surface area contributed by atoms with Crippen molar-refractivity contribution in [3.05, 3.63) is 95.7 Å². The monoisotopic (exact) mass is 359 g/mol. The van der Waals surface area contributed by atoms with Crippen molar-refractivity contribution in [3.8, 4) is 5.75 Å². The summed E-state index contributed by atoms with van der Waals surface area (Å²) in [5.74, 6) is -0.271. The highest BCUT2D eigenvalue weighted by Gasteiger charge is 2.21. The molecule has 4 aromatic rings. The highest BCUT2D eigenvalue weighted by Crippen LogP contribution is 2.36. The van der Waals surface area contributed by atoms with Crippen LogP contribution in [0, 0.1) is 12.7 Å². The second-order valence-electron chi connectivity index (χ2n) is 6.37. The van der Waals surface area contributed by atoms with Crippen molar-refractivity contribution in [2.24, 2.45) is 0 Å². The number of pyridine rings is 2. The number of aromatic nitrogens is 2. The summed E-state index contributed by atoms with van der Waals surface area (Å²) in [5, 5.41) is 15.0. The Hall–Kier alpha value is -3.47. The topological polar surface area (TPSA) is 58.0 Å². The summed E-state index contributed by atoms with van der Waals surface area (Å²) in [7, 11) is 0. The van der Waals surface area contributed by atoms with Crippen LogP contribution in [0.15, 0.2) is 73.1 Å². The van der Waals surface area contributed by atoms with Crippen LogP contribution in [-0.2, 0) is 0 Å². The SMILES string of the molecule is Cc1ccc2ccc(C(Nc3ccccc3F)c3ccncc3)c(O)c2n1. The number of aryl methyl sites for hydroxylation is 1. The Kier molecular flexibility index (Phi) is 4.42. The Morgan fingerprint density at radius 3 is 2.48 bits per heavy atom. The molecule has 2 aromatic carbocycles. The zero-order valence-electron chi connectivity index (χ0n) is 14.7.